The lowest BCUT2D eigenvalue weighted by Crippen LogP contribution is -2.41. The van der Waals surface area contributed by atoms with Gasteiger partial charge >= 0.3 is 11.9 Å². The van der Waals surface area contributed by atoms with Crippen molar-refractivity contribution >= 4 is 23.8 Å². The molecule has 11 nitrogen and oxygen atoms in total. The second-order valence-corrected chi connectivity index (χ2v) is 9.48. The van der Waals surface area contributed by atoms with Crippen LogP contribution < -0.4 is 16.0 Å². The third-order valence-electron chi connectivity index (χ3n) is 6.05. The number of hydrogen-bond donors (Lipinski definition) is 5. The van der Waals surface area contributed by atoms with E-state index in [0.717, 1.165) is 45.2 Å². The van der Waals surface area contributed by atoms with Gasteiger partial charge in [0.1, 0.15) is 6.04 Å². The average molecular weight is 546 g/mol. The lowest BCUT2D eigenvalue weighted by molar-refractivity contribution is -0.142. The van der Waals surface area contributed by atoms with E-state index in [2.05, 4.69) is 16.0 Å². The maximum absolute atomic E-state index is 12.1. The van der Waals surface area contributed by atoms with E-state index in [-0.39, 0.29) is 37.5 Å². The van der Waals surface area contributed by atoms with Crippen LogP contribution in [0.3, 0.4) is 0 Å². The van der Waals surface area contributed by atoms with E-state index in [1.54, 1.807) is 7.11 Å². The molecule has 1 atom stereocenters. The number of amides is 2. The van der Waals surface area contributed by atoms with Crippen LogP contribution in [0, 0.1) is 0 Å². The molecule has 0 bridgehead atoms. The minimum absolute atomic E-state index is 0.00777. The van der Waals surface area contributed by atoms with Crippen LogP contribution in [0.2, 0.25) is 0 Å². The quantitative estimate of drug-likeness (QED) is 0.0930. The van der Waals surface area contributed by atoms with E-state index in [1.165, 1.54) is 32.1 Å². The summed E-state index contributed by atoms with van der Waals surface area (Å²) in [4.78, 5) is 45.9. The van der Waals surface area contributed by atoms with Crippen molar-refractivity contribution in [2.45, 2.75) is 102 Å². The van der Waals surface area contributed by atoms with Crippen molar-refractivity contribution < 1.29 is 38.9 Å². The van der Waals surface area contributed by atoms with Gasteiger partial charge in [0.05, 0.1) is 19.8 Å². The van der Waals surface area contributed by atoms with Crippen LogP contribution in [-0.4, -0.2) is 86.6 Å². The molecule has 5 N–H and O–H groups in total. The first-order chi connectivity index (χ1) is 18.4. The number of hydrogen-bond acceptors (Lipinski definition) is 7. The van der Waals surface area contributed by atoms with Gasteiger partial charge in [0.15, 0.2) is 0 Å². The number of carboxylic acids is 2. The Bertz CT molecular complexity index is 633. The van der Waals surface area contributed by atoms with Gasteiger partial charge in [-0.2, -0.15) is 0 Å². The van der Waals surface area contributed by atoms with Crippen LogP contribution in [0.25, 0.3) is 0 Å². The molecule has 11 heteroatoms. The van der Waals surface area contributed by atoms with Crippen molar-refractivity contribution in [3.8, 4) is 0 Å². The first kappa shape index (κ1) is 35.8. The molecule has 2 amide bonds. The molecule has 0 aromatic heterocycles. The Morgan fingerprint density at radius 1 is 0.658 bits per heavy atom. The molecule has 0 aliphatic carbocycles. The van der Waals surface area contributed by atoms with Gasteiger partial charge in [0.2, 0.25) is 11.8 Å². The maximum atomic E-state index is 12.1. The number of nitrogens with one attached hydrogen (secondary N) is 3. The Morgan fingerprint density at radius 3 is 1.84 bits per heavy atom. The molecule has 0 unspecified atom stereocenters. The van der Waals surface area contributed by atoms with Crippen LogP contribution in [0.15, 0.2) is 0 Å². The minimum atomic E-state index is -1.15. The lowest BCUT2D eigenvalue weighted by Gasteiger charge is -2.14. The van der Waals surface area contributed by atoms with Crippen molar-refractivity contribution in [2.75, 3.05) is 46.6 Å². The van der Waals surface area contributed by atoms with E-state index in [4.69, 9.17) is 14.6 Å². The fraction of sp³-hybridized carbons (Fsp3) is 0.852. The van der Waals surface area contributed by atoms with E-state index in [0.29, 0.717) is 32.8 Å². The summed E-state index contributed by atoms with van der Waals surface area (Å²) < 4.78 is 10.1. The number of unbranched alkanes of at least 4 members (excludes halogenated alkanes) is 9. The van der Waals surface area contributed by atoms with Crippen molar-refractivity contribution in [3.05, 3.63) is 0 Å². The van der Waals surface area contributed by atoms with Crippen LogP contribution in [0.5, 0.6) is 0 Å². The fourth-order valence-corrected chi connectivity index (χ4v) is 3.82. The second kappa shape index (κ2) is 26.4. The van der Waals surface area contributed by atoms with Crippen molar-refractivity contribution in [3.63, 3.8) is 0 Å². The zero-order chi connectivity index (χ0) is 28.3. The zero-order valence-electron chi connectivity index (χ0n) is 23.3. The third kappa shape index (κ3) is 25.4. The Kier molecular flexibility index (Phi) is 24.8. The number of rotatable bonds is 28. The Labute approximate surface area is 227 Å². The highest BCUT2D eigenvalue weighted by atomic mass is 16.5. The normalized spacial score (nSPS) is 11.7. The zero-order valence-corrected chi connectivity index (χ0v) is 23.3. The predicted molar refractivity (Wildman–Crippen MR) is 145 cm³/mol. The Balaban J connectivity index is 3.63. The maximum Gasteiger partial charge on any atom is 0.326 e. The van der Waals surface area contributed by atoms with Gasteiger partial charge in [-0.1, -0.05) is 44.9 Å². The molecule has 0 aliphatic rings. The highest BCUT2D eigenvalue weighted by Gasteiger charge is 2.20. The van der Waals surface area contributed by atoms with Gasteiger partial charge in [-0.15, -0.1) is 0 Å². The standard InChI is InChI=1S/C27H51N3O8/c1-37-21-22-38-20-19-29-24(31)16-15-23(27(35)36)30-25(32)13-10-12-18-28-17-11-8-6-4-2-3-5-7-9-14-26(33)34/h23,28H,2-22H2,1H3,(H,29,31)(H,30,32)(H,33,34)(H,35,36)/t23-/m0/s1. The number of ether oxygens (including phenoxy) is 2. The molecule has 0 aromatic rings. The smallest absolute Gasteiger partial charge is 0.326 e. The topological polar surface area (TPSA) is 163 Å². The van der Waals surface area contributed by atoms with Gasteiger partial charge < -0.3 is 35.6 Å². The number of methoxy groups -OCH3 is 1. The summed E-state index contributed by atoms with van der Waals surface area (Å²) in [5.74, 6) is -2.45. The number of aliphatic carboxylic acids is 2. The number of carboxylic acid groups (broad SMARTS) is 2. The predicted octanol–water partition coefficient (Wildman–Crippen LogP) is 2.86. The molecular formula is C27H51N3O8. The van der Waals surface area contributed by atoms with E-state index < -0.39 is 18.0 Å². The summed E-state index contributed by atoms with van der Waals surface area (Å²) in [5, 5.41) is 26.5. The van der Waals surface area contributed by atoms with E-state index >= 15 is 0 Å². The summed E-state index contributed by atoms with van der Waals surface area (Å²) in [7, 11) is 1.58. The molecule has 222 valence electrons. The average Bonchev–Trinajstić information content (AvgIpc) is 2.87. The summed E-state index contributed by atoms with van der Waals surface area (Å²) in [6, 6.07) is -1.08. The summed E-state index contributed by atoms with van der Waals surface area (Å²) >= 11 is 0. The molecular weight excluding hydrogens is 494 g/mol. The Morgan fingerprint density at radius 2 is 1.24 bits per heavy atom. The lowest BCUT2D eigenvalue weighted by atomic mass is 10.1. The summed E-state index contributed by atoms with van der Waals surface area (Å²) in [6.45, 7) is 3.37. The molecule has 0 rings (SSSR count). The van der Waals surface area contributed by atoms with Gasteiger partial charge in [-0.25, -0.2) is 4.79 Å². The number of carbonyl (C=O) groups excluding carboxylic acids is 2. The van der Waals surface area contributed by atoms with Gasteiger partial charge in [-0.05, 0) is 45.2 Å². The van der Waals surface area contributed by atoms with Gasteiger partial charge in [-0.3, -0.25) is 14.4 Å². The summed E-state index contributed by atoms with van der Waals surface area (Å²) in [5.41, 5.74) is 0. The molecule has 0 aliphatic heterocycles. The first-order valence-electron chi connectivity index (χ1n) is 14.1. The molecule has 0 spiro atoms. The van der Waals surface area contributed by atoms with E-state index in [9.17, 15) is 24.3 Å². The first-order valence-corrected chi connectivity index (χ1v) is 14.1. The molecule has 38 heavy (non-hydrogen) atoms. The van der Waals surface area contributed by atoms with Crippen LogP contribution in [0.1, 0.15) is 96.3 Å². The fourth-order valence-electron chi connectivity index (χ4n) is 3.82. The van der Waals surface area contributed by atoms with E-state index in [1.807, 2.05) is 0 Å². The van der Waals surface area contributed by atoms with Crippen LogP contribution in [0.4, 0.5) is 0 Å². The highest BCUT2D eigenvalue weighted by molar-refractivity contribution is 5.84. The molecule has 0 saturated heterocycles. The second-order valence-electron chi connectivity index (χ2n) is 9.48. The SMILES string of the molecule is COCCOCCNC(=O)CC[C@H](NC(=O)CCCCNCCCCCCCCCCCC(=O)O)C(=O)O. The Hall–Kier alpha value is -2.24. The van der Waals surface area contributed by atoms with Crippen LogP contribution in [-0.2, 0) is 28.7 Å². The van der Waals surface area contributed by atoms with Crippen molar-refractivity contribution in [1.29, 1.82) is 0 Å². The van der Waals surface area contributed by atoms with Crippen molar-refractivity contribution in [2.24, 2.45) is 0 Å². The monoisotopic (exact) mass is 545 g/mol. The molecule has 0 saturated carbocycles. The molecule has 0 fully saturated rings. The molecule has 0 heterocycles. The largest absolute Gasteiger partial charge is 0.481 e. The van der Waals surface area contributed by atoms with Gasteiger partial charge in [0.25, 0.3) is 0 Å². The van der Waals surface area contributed by atoms with Gasteiger partial charge in [0, 0.05) is 32.9 Å². The van der Waals surface area contributed by atoms with Crippen LogP contribution >= 0.6 is 0 Å². The van der Waals surface area contributed by atoms with Crippen molar-refractivity contribution in [1.82, 2.24) is 16.0 Å². The molecule has 0 radical (unpaired) electrons. The minimum Gasteiger partial charge on any atom is -0.481 e. The third-order valence-corrected chi connectivity index (χ3v) is 6.05. The summed E-state index contributed by atoms with van der Waals surface area (Å²) in [6.07, 6.45) is 12.1. The highest BCUT2D eigenvalue weighted by Crippen LogP contribution is 2.10. The molecule has 0 aromatic carbocycles. The number of carbonyl (C=O) groups is 4.